The van der Waals surface area contributed by atoms with E-state index in [1.165, 1.54) is 48.5 Å². The van der Waals surface area contributed by atoms with Crippen LogP contribution in [0.15, 0.2) is 102 Å². The third kappa shape index (κ3) is 5.42. The molecule has 1 saturated heterocycles. The van der Waals surface area contributed by atoms with Gasteiger partial charge in [0.25, 0.3) is 10.1 Å². The summed E-state index contributed by atoms with van der Waals surface area (Å²) in [7, 11) is -4.42. The highest BCUT2D eigenvalue weighted by Crippen LogP contribution is 2.47. The lowest BCUT2D eigenvalue weighted by Gasteiger charge is -2.48. The van der Waals surface area contributed by atoms with Crippen LogP contribution < -0.4 is 4.90 Å². The van der Waals surface area contributed by atoms with Crippen LogP contribution in [0, 0.1) is 11.7 Å². The van der Waals surface area contributed by atoms with E-state index in [1.807, 2.05) is 30.3 Å². The van der Waals surface area contributed by atoms with Crippen LogP contribution >= 0.6 is 0 Å². The van der Waals surface area contributed by atoms with Crippen molar-refractivity contribution in [1.29, 1.82) is 0 Å². The van der Waals surface area contributed by atoms with Crippen molar-refractivity contribution in [3.8, 4) is 16.9 Å². The highest BCUT2D eigenvalue weighted by Gasteiger charge is 2.48. The molecular weight excluding hydrogens is 521 g/mol. The number of anilines is 1. The highest BCUT2D eigenvalue weighted by molar-refractivity contribution is 7.85. The minimum atomic E-state index is -4.42. The van der Waals surface area contributed by atoms with Crippen LogP contribution in [0.1, 0.15) is 36.1 Å². The van der Waals surface area contributed by atoms with E-state index in [1.54, 1.807) is 23.1 Å². The Morgan fingerprint density at radius 1 is 0.897 bits per heavy atom. The molecule has 0 aliphatic carbocycles. The maximum atomic E-state index is 13.6. The lowest BCUT2D eigenvalue weighted by Crippen LogP contribution is -2.55. The monoisotopic (exact) mass is 547 g/mol. The molecule has 0 radical (unpaired) electrons. The lowest BCUT2D eigenvalue weighted by molar-refractivity contribution is -0.131. The van der Waals surface area contributed by atoms with Crippen molar-refractivity contribution in [3.05, 3.63) is 114 Å². The Bertz CT molecular complexity index is 1610. The molecule has 0 aromatic heterocycles. The SMILES string of the molecule is O=C1[C@H](CC[C@H](O)c2ccccc2)[C@@H](c2ccc(-c3cccc(S(=O)(=O)O)c3)c(O)c2)N1c1ccc(F)cc1. The quantitative estimate of drug-likeness (QED) is 0.194. The molecule has 1 amide bonds. The minimum absolute atomic E-state index is 0.138. The number of benzene rings is 4. The predicted octanol–water partition coefficient (Wildman–Crippen LogP) is 5.66. The fraction of sp³-hybridized carbons (Fsp3) is 0.167. The molecule has 0 saturated carbocycles. The van der Waals surface area contributed by atoms with Gasteiger partial charge in [0.15, 0.2) is 0 Å². The first kappa shape index (κ1) is 26.6. The zero-order valence-corrected chi connectivity index (χ0v) is 21.5. The summed E-state index contributed by atoms with van der Waals surface area (Å²) < 4.78 is 46.1. The maximum Gasteiger partial charge on any atom is 0.294 e. The van der Waals surface area contributed by atoms with Crippen LogP contribution in [0.5, 0.6) is 5.75 Å². The maximum absolute atomic E-state index is 13.6. The summed E-state index contributed by atoms with van der Waals surface area (Å²) in [5.41, 5.74) is 2.63. The molecule has 3 N–H and O–H groups in total. The Hall–Kier alpha value is -4.05. The first-order valence-corrected chi connectivity index (χ1v) is 13.8. The van der Waals surface area contributed by atoms with Gasteiger partial charge in [-0.1, -0.05) is 54.6 Å². The van der Waals surface area contributed by atoms with Crippen molar-refractivity contribution in [3.63, 3.8) is 0 Å². The van der Waals surface area contributed by atoms with Gasteiger partial charge in [0.1, 0.15) is 11.6 Å². The fourth-order valence-corrected chi connectivity index (χ4v) is 5.61. The van der Waals surface area contributed by atoms with E-state index in [2.05, 4.69) is 0 Å². The summed E-state index contributed by atoms with van der Waals surface area (Å²) >= 11 is 0. The topological polar surface area (TPSA) is 115 Å². The standard InChI is InChI=1S/C30H26FNO6S/c31-22-10-12-23(13-11-22)32-29(26(30(32)35)15-16-27(33)19-5-2-1-3-6-19)21-9-14-25(28(34)18-21)20-7-4-8-24(17-20)39(36,37)38/h1-14,17-18,26-27,29,33-34H,15-16H2,(H,36,37,38)/t26-,27+,29-/m1/s1. The van der Waals surface area contributed by atoms with E-state index in [9.17, 15) is 32.4 Å². The number of hydrogen-bond donors (Lipinski definition) is 3. The van der Waals surface area contributed by atoms with Gasteiger partial charge in [0.05, 0.1) is 23.0 Å². The highest BCUT2D eigenvalue weighted by atomic mass is 32.2. The van der Waals surface area contributed by atoms with Crippen LogP contribution in [0.25, 0.3) is 11.1 Å². The van der Waals surface area contributed by atoms with Crippen molar-refractivity contribution in [1.82, 2.24) is 0 Å². The first-order chi connectivity index (χ1) is 18.6. The average Bonchev–Trinajstić information content (AvgIpc) is 2.92. The molecule has 5 rings (SSSR count). The Morgan fingerprint density at radius 3 is 2.28 bits per heavy atom. The van der Waals surface area contributed by atoms with Gasteiger partial charge >= 0.3 is 0 Å². The summed E-state index contributed by atoms with van der Waals surface area (Å²) in [5.74, 6) is -1.22. The van der Waals surface area contributed by atoms with Crippen molar-refractivity contribution in [2.24, 2.45) is 5.92 Å². The second kappa shape index (κ2) is 10.6. The molecule has 1 heterocycles. The van der Waals surface area contributed by atoms with E-state index < -0.39 is 34.0 Å². The molecule has 4 aromatic carbocycles. The molecule has 7 nitrogen and oxygen atoms in total. The van der Waals surface area contributed by atoms with Gasteiger partial charge in [-0.15, -0.1) is 0 Å². The Kier molecular flexibility index (Phi) is 7.22. The predicted molar refractivity (Wildman–Crippen MR) is 144 cm³/mol. The number of aliphatic hydroxyl groups is 1. The molecule has 1 aliphatic heterocycles. The fourth-order valence-electron chi connectivity index (χ4n) is 5.08. The van der Waals surface area contributed by atoms with Gasteiger partial charge in [-0.05, 0) is 72.0 Å². The van der Waals surface area contributed by atoms with Gasteiger partial charge < -0.3 is 15.1 Å². The Balaban J connectivity index is 1.46. The molecule has 4 aromatic rings. The number of phenolic OH excluding ortho intramolecular Hbond substituents is 1. The molecule has 9 heteroatoms. The van der Waals surface area contributed by atoms with Crippen molar-refractivity contribution < 1.29 is 32.4 Å². The van der Waals surface area contributed by atoms with Crippen molar-refractivity contribution >= 4 is 21.7 Å². The average molecular weight is 548 g/mol. The van der Waals surface area contributed by atoms with Gasteiger partial charge in [0, 0.05) is 11.3 Å². The minimum Gasteiger partial charge on any atom is -0.507 e. The summed E-state index contributed by atoms with van der Waals surface area (Å²) in [5, 5.41) is 21.6. The normalized spacial score (nSPS) is 18.0. The van der Waals surface area contributed by atoms with E-state index in [0.717, 1.165) is 5.56 Å². The van der Waals surface area contributed by atoms with E-state index in [4.69, 9.17) is 0 Å². The third-order valence-electron chi connectivity index (χ3n) is 7.06. The molecular formula is C30H26FNO6S. The van der Waals surface area contributed by atoms with Crippen LogP contribution in [-0.4, -0.2) is 29.1 Å². The van der Waals surface area contributed by atoms with E-state index in [0.29, 0.717) is 35.2 Å². The number of phenols is 1. The number of aromatic hydroxyl groups is 1. The van der Waals surface area contributed by atoms with E-state index in [-0.39, 0.29) is 16.6 Å². The number of amides is 1. The van der Waals surface area contributed by atoms with Crippen molar-refractivity contribution in [2.45, 2.75) is 29.9 Å². The number of halogens is 1. The largest absolute Gasteiger partial charge is 0.507 e. The van der Waals surface area contributed by atoms with Crippen LogP contribution in [-0.2, 0) is 14.9 Å². The van der Waals surface area contributed by atoms with Gasteiger partial charge in [0.2, 0.25) is 5.91 Å². The van der Waals surface area contributed by atoms with E-state index >= 15 is 0 Å². The molecule has 1 aliphatic rings. The summed E-state index contributed by atoms with van der Waals surface area (Å²) in [6.45, 7) is 0. The van der Waals surface area contributed by atoms with Crippen molar-refractivity contribution in [2.75, 3.05) is 4.90 Å². The van der Waals surface area contributed by atoms with Crippen LogP contribution in [0.2, 0.25) is 0 Å². The second-order valence-electron chi connectivity index (χ2n) is 9.52. The zero-order valence-electron chi connectivity index (χ0n) is 20.7. The number of rotatable bonds is 8. The smallest absolute Gasteiger partial charge is 0.294 e. The zero-order chi connectivity index (χ0) is 27.7. The van der Waals surface area contributed by atoms with Gasteiger partial charge in [-0.25, -0.2) is 4.39 Å². The molecule has 3 atom stereocenters. The van der Waals surface area contributed by atoms with Gasteiger partial charge in [-0.3, -0.25) is 9.35 Å². The number of aliphatic hydroxyl groups excluding tert-OH is 1. The third-order valence-corrected chi connectivity index (χ3v) is 7.91. The lowest BCUT2D eigenvalue weighted by atomic mass is 9.78. The Labute approximate surface area is 225 Å². The number of carbonyl (C=O) groups excluding carboxylic acids is 1. The molecule has 1 fully saturated rings. The number of nitrogens with zero attached hydrogens (tertiary/aromatic N) is 1. The number of hydrogen-bond acceptors (Lipinski definition) is 5. The summed E-state index contributed by atoms with van der Waals surface area (Å²) in [6, 6.07) is 24.7. The molecule has 0 bridgehead atoms. The molecule has 200 valence electrons. The first-order valence-electron chi connectivity index (χ1n) is 12.4. The molecule has 0 spiro atoms. The molecule has 0 unspecified atom stereocenters. The second-order valence-corrected chi connectivity index (χ2v) is 10.9. The number of β-lactam (4-membered cyclic amide) rings is 1. The summed E-state index contributed by atoms with van der Waals surface area (Å²) in [6.07, 6.45) is -0.0120. The van der Waals surface area contributed by atoms with Gasteiger partial charge in [-0.2, -0.15) is 8.42 Å². The summed E-state index contributed by atoms with van der Waals surface area (Å²) in [4.78, 5) is 14.5. The Morgan fingerprint density at radius 2 is 1.62 bits per heavy atom. The molecule has 39 heavy (non-hydrogen) atoms. The van der Waals surface area contributed by atoms with Crippen LogP contribution in [0.3, 0.4) is 0 Å². The van der Waals surface area contributed by atoms with Crippen LogP contribution in [0.4, 0.5) is 10.1 Å². The number of carbonyl (C=O) groups is 1.